The van der Waals surface area contributed by atoms with Crippen LogP contribution in [0.1, 0.15) is 5.56 Å². The van der Waals surface area contributed by atoms with Crippen molar-refractivity contribution < 1.29 is 23.0 Å². The molecule has 0 atom stereocenters. The Morgan fingerprint density at radius 3 is 2.54 bits per heavy atom. The second-order valence-corrected chi connectivity index (χ2v) is 5.02. The number of methoxy groups -OCH3 is 1. The molecule has 0 unspecified atom stereocenters. The molecule has 0 aliphatic carbocycles. The first-order valence-corrected chi connectivity index (χ1v) is 7.24. The van der Waals surface area contributed by atoms with Crippen molar-refractivity contribution in [3.63, 3.8) is 0 Å². The number of anilines is 1. The summed E-state index contributed by atoms with van der Waals surface area (Å²) >= 11 is 5.76. The zero-order valence-corrected chi connectivity index (χ0v) is 13.4. The van der Waals surface area contributed by atoms with E-state index in [1.165, 1.54) is 31.4 Å². The molecule has 0 fully saturated rings. The molecule has 24 heavy (non-hydrogen) atoms. The van der Waals surface area contributed by atoms with Crippen molar-refractivity contribution >= 4 is 29.3 Å². The van der Waals surface area contributed by atoms with E-state index in [1.807, 2.05) is 0 Å². The average molecular weight is 354 g/mol. The zero-order chi connectivity index (χ0) is 17.5. The number of rotatable bonds is 6. The lowest BCUT2D eigenvalue weighted by atomic mass is 10.1. The van der Waals surface area contributed by atoms with Gasteiger partial charge in [0.2, 0.25) is 5.91 Å². The van der Waals surface area contributed by atoms with Crippen LogP contribution in [0.25, 0.3) is 6.08 Å². The minimum atomic E-state index is -3.00. The Hall–Kier alpha value is -2.60. The Labute approximate surface area is 142 Å². The van der Waals surface area contributed by atoms with Gasteiger partial charge in [-0.3, -0.25) is 4.79 Å². The standard InChI is InChI=1S/C17H14ClF2NO3/c1-23-14-4-2-3-11(16(14)24-17(19)20)5-10-15(22)21-13-8-6-12(18)7-9-13/h2-10,17H,1H3,(H,21,22)/b10-5+. The molecule has 0 bridgehead atoms. The highest BCUT2D eigenvalue weighted by Crippen LogP contribution is 2.33. The SMILES string of the molecule is COc1cccc(/C=C/C(=O)Nc2ccc(Cl)cc2)c1OC(F)F. The lowest BCUT2D eigenvalue weighted by Gasteiger charge is -2.12. The molecule has 0 heterocycles. The first-order valence-electron chi connectivity index (χ1n) is 6.86. The van der Waals surface area contributed by atoms with Crippen LogP contribution in [0.15, 0.2) is 48.5 Å². The van der Waals surface area contributed by atoms with E-state index in [1.54, 1.807) is 30.3 Å². The van der Waals surface area contributed by atoms with Crippen LogP contribution in [0.2, 0.25) is 5.02 Å². The molecular weight excluding hydrogens is 340 g/mol. The van der Waals surface area contributed by atoms with Gasteiger partial charge in [-0.05, 0) is 36.4 Å². The third-order valence-corrected chi connectivity index (χ3v) is 3.21. The second kappa shape index (κ2) is 8.31. The molecule has 1 amide bonds. The molecule has 0 aromatic heterocycles. The Bertz CT molecular complexity index is 733. The number of nitrogens with one attached hydrogen (secondary N) is 1. The lowest BCUT2D eigenvalue weighted by Crippen LogP contribution is -2.08. The van der Waals surface area contributed by atoms with Crippen molar-refractivity contribution in [3.05, 3.63) is 59.1 Å². The maximum atomic E-state index is 12.5. The molecule has 0 radical (unpaired) electrons. The largest absolute Gasteiger partial charge is 0.493 e. The van der Waals surface area contributed by atoms with Gasteiger partial charge in [0.1, 0.15) is 0 Å². The van der Waals surface area contributed by atoms with Crippen molar-refractivity contribution in [2.75, 3.05) is 12.4 Å². The monoisotopic (exact) mass is 353 g/mol. The van der Waals surface area contributed by atoms with Crippen LogP contribution in [-0.4, -0.2) is 19.6 Å². The Balaban J connectivity index is 2.15. The molecule has 0 aliphatic rings. The molecule has 0 spiro atoms. The molecule has 2 rings (SSSR count). The summed E-state index contributed by atoms with van der Waals surface area (Å²) < 4.78 is 34.6. The van der Waals surface area contributed by atoms with Crippen LogP contribution in [0.4, 0.5) is 14.5 Å². The predicted molar refractivity (Wildman–Crippen MR) is 88.7 cm³/mol. The van der Waals surface area contributed by atoms with Crippen molar-refractivity contribution in [2.45, 2.75) is 6.61 Å². The highest BCUT2D eigenvalue weighted by atomic mass is 35.5. The number of amides is 1. The van der Waals surface area contributed by atoms with Gasteiger partial charge in [-0.15, -0.1) is 0 Å². The van der Waals surface area contributed by atoms with E-state index < -0.39 is 12.5 Å². The summed E-state index contributed by atoms with van der Waals surface area (Å²) in [6.45, 7) is -3.00. The van der Waals surface area contributed by atoms with Gasteiger partial charge < -0.3 is 14.8 Å². The Morgan fingerprint density at radius 2 is 1.92 bits per heavy atom. The number of carbonyl (C=O) groups excluding carboxylic acids is 1. The predicted octanol–water partition coefficient (Wildman–Crippen LogP) is 4.60. The highest BCUT2D eigenvalue weighted by molar-refractivity contribution is 6.30. The van der Waals surface area contributed by atoms with Crippen LogP contribution in [0, 0.1) is 0 Å². The van der Waals surface area contributed by atoms with E-state index >= 15 is 0 Å². The van der Waals surface area contributed by atoms with E-state index in [4.69, 9.17) is 16.3 Å². The molecular formula is C17H14ClF2NO3. The van der Waals surface area contributed by atoms with Crippen LogP contribution < -0.4 is 14.8 Å². The summed E-state index contributed by atoms with van der Waals surface area (Å²) in [7, 11) is 1.34. The van der Waals surface area contributed by atoms with Crippen LogP contribution in [0.5, 0.6) is 11.5 Å². The molecule has 126 valence electrons. The molecule has 0 saturated heterocycles. The summed E-state index contributed by atoms with van der Waals surface area (Å²) in [6.07, 6.45) is 2.58. The first-order chi connectivity index (χ1) is 11.5. The third kappa shape index (κ3) is 4.96. The third-order valence-electron chi connectivity index (χ3n) is 2.96. The minimum absolute atomic E-state index is 0.134. The number of hydrogen-bond donors (Lipinski definition) is 1. The minimum Gasteiger partial charge on any atom is -0.493 e. The number of carbonyl (C=O) groups is 1. The van der Waals surface area contributed by atoms with E-state index in [2.05, 4.69) is 10.1 Å². The fourth-order valence-corrected chi connectivity index (χ4v) is 2.05. The number of ether oxygens (including phenoxy) is 2. The maximum Gasteiger partial charge on any atom is 0.387 e. The van der Waals surface area contributed by atoms with Gasteiger partial charge in [0.05, 0.1) is 7.11 Å². The number of para-hydroxylation sites is 1. The normalized spacial score (nSPS) is 10.9. The van der Waals surface area contributed by atoms with Crippen LogP contribution in [0.3, 0.4) is 0 Å². The summed E-state index contributed by atoms with van der Waals surface area (Å²) in [5, 5.41) is 3.17. The maximum absolute atomic E-state index is 12.5. The van der Waals surface area contributed by atoms with Gasteiger partial charge >= 0.3 is 6.61 Å². The van der Waals surface area contributed by atoms with Gasteiger partial charge in [0.15, 0.2) is 11.5 Å². The fourth-order valence-electron chi connectivity index (χ4n) is 1.92. The topological polar surface area (TPSA) is 47.6 Å². The van der Waals surface area contributed by atoms with Crippen LogP contribution >= 0.6 is 11.6 Å². The molecule has 2 aromatic carbocycles. The van der Waals surface area contributed by atoms with E-state index in [0.29, 0.717) is 16.3 Å². The van der Waals surface area contributed by atoms with Crippen molar-refractivity contribution in [1.82, 2.24) is 0 Å². The summed E-state index contributed by atoms with van der Waals surface area (Å²) in [6, 6.07) is 11.2. The second-order valence-electron chi connectivity index (χ2n) is 4.59. The highest BCUT2D eigenvalue weighted by Gasteiger charge is 2.14. The van der Waals surface area contributed by atoms with E-state index in [0.717, 1.165) is 0 Å². The summed E-state index contributed by atoms with van der Waals surface area (Å²) in [5.41, 5.74) is 0.852. The smallest absolute Gasteiger partial charge is 0.387 e. The molecule has 1 N–H and O–H groups in total. The number of halogens is 3. The van der Waals surface area contributed by atoms with Crippen molar-refractivity contribution in [3.8, 4) is 11.5 Å². The van der Waals surface area contributed by atoms with Crippen LogP contribution in [-0.2, 0) is 4.79 Å². The van der Waals surface area contributed by atoms with Gasteiger partial charge in [-0.2, -0.15) is 8.78 Å². The average Bonchev–Trinajstić information content (AvgIpc) is 2.55. The van der Waals surface area contributed by atoms with Gasteiger partial charge in [-0.1, -0.05) is 23.7 Å². The first kappa shape index (κ1) is 17.7. The van der Waals surface area contributed by atoms with Gasteiger partial charge in [0.25, 0.3) is 0 Å². The Kier molecular flexibility index (Phi) is 6.14. The van der Waals surface area contributed by atoms with Gasteiger partial charge in [-0.25, -0.2) is 0 Å². The molecule has 2 aromatic rings. The fraction of sp³-hybridized carbons (Fsp3) is 0.118. The molecule has 4 nitrogen and oxygen atoms in total. The lowest BCUT2D eigenvalue weighted by molar-refractivity contribution is -0.111. The molecule has 7 heteroatoms. The number of hydrogen-bond acceptors (Lipinski definition) is 3. The van der Waals surface area contributed by atoms with Crippen molar-refractivity contribution in [1.29, 1.82) is 0 Å². The Morgan fingerprint density at radius 1 is 1.21 bits per heavy atom. The van der Waals surface area contributed by atoms with Gasteiger partial charge in [0, 0.05) is 22.3 Å². The van der Waals surface area contributed by atoms with E-state index in [9.17, 15) is 13.6 Å². The zero-order valence-electron chi connectivity index (χ0n) is 12.6. The quantitative estimate of drug-likeness (QED) is 0.772. The number of alkyl halides is 2. The summed E-state index contributed by atoms with van der Waals surface area (Å²) in [4.78, 5) is 11.9. The molecule has 0 saturated carbocycles. The summed E-state index contributed by atoms with van der Waals surface area (Å²) in [5.74, 6) is -0.413. The van der Waals surface area contributed by atoms with E-state index in [-0.39, 0.29) is 11.5 Å². The van der Waals surface area contributed by atoms with Crippen molar-refractivity contribution in [2.24, 2.45) is 0 Å². The molecule has 0 aliphatic heterocycles. The number of benzene rings is 2.